The average Bonchev–Trinajstić information content (AvgIpc) is 3.48. The van der Waals surface area contributed by atoms with Crippen molar-refractivity contribution in [1.29, 1.82) is 0 Å². The molecule has 0 saturated carbocycles. The summed E-state index contributed by atoms with van der Waals surface area (Å²) in [5, 5.41) is 12.2. The minimum Gasteiger partial charge on any atom is -0.507 e. The number of Topliss-reactive ketones (excluding diaryl/α,β-unsaturated/α-hetero) is 1. The molecule has 2 heterocycles. The van der Waals surface area contributed by atoms with Crippen LogP contribution in [-0.2, 0) is 14.3 Å². The van der Waals surface area contributed by atoms with Crippen LogP contribution in [0.2, 0.25) is 5.02 Å². The Labute approximate surface area is 233 Å². The highest BCUT2D eigenvalue weighted by molar-refractivity contribution is 7.22. The van der Waals surface area contributed by atoms with E-state index in [9.17, 15) is 19.5 Å². The number of esters is 1. The van der Waals surface area contributed by atoms with Gasteiger partial charge in [0.1, 0.15) is 11.5 Å². The smallest absolute Gasteiger partial charge is 0.337 e. The Bertz CT molecular complexity index is 1630. The number of hydrogen-bond acceptors (Lipinski definition) is 8. The molecule has 0 spiro atoms. The second kappa shape index (κ2) is 10.9. The first-order valence-electron chi connectivity index (χ1n) is 12.1. The molecule has 0 aliphatic carbocycles. The lowest BCUT2D eigenvalue weighted by Crippen LogP contribution is -2.29. The van der Waals surface area contributed by atoms with E-state index in [1.807, 2.05) is 6.92 Å². The molecule has 10 heteroatoms. The van der Waals surface area contributed by atoms with Crippen LogP contribution in [0.4, 0.5) is 5.13 Å². The molecule has 3 aromatic carbocycles. The Morgan fingerprint density at radius 2 is 1.85 bits per heavy atom. The Morgan fingerprint density at radius 3 is 2.56 bits per heavy atom. The molecule has 1 saturated heterocycles. The van der Waals surface area contributed by atoms with E-state index in [2.05, 4.69) is 4.98 Å². The molecule has 1 aromatic heterocycles. The molecule has 1 unspecified atom stereocenters. The number of carbonyl (C=O) groups is 3. The normalized spacial score (nSPS) is 16.6. The van der Waals surface area contributed by atoms with E-state index < -0.39 is 23.7 Å². The number of aromatic nitrogens is 1. The fourth-order valence-corrected chi connectivity index (χ4v) is 5.63. The lowest BCUT2D eigenvalue weighted by atomic mass is 9.94. The van der Waals surface area contributed by atoms with E-state index in [4.69, 9.17) is 21.1 Å². The van der Waals surface area contributed by atoms with Crippen molar-refractivity contribution < 1.29 is 29.0 Å². The number of hydrogen-bond donors (Lipinski definition) is 1. The summed E-state index contributed by atoms with van der Waals surface area (Å²) in [6.45, 7) is 2.47. The minimum atomic E-state index is -1.01. The molecule has 198 valence electrons. The van der Waals surface area contributed by atoms with Gasteiger partial charge in [0.25, 0.3) is 5.78 Å². The number of amides is 1. The zero-order valence-electron chi connectivity index (χ0n) is 21.0. The highest BCUT2D eigenvalue weighted by Crippen LogP contribution is 2.44. The van der Waals surface area contributed by atoms with Crippen LogP contribution in [0.3, 0.4) is 0 Å². The van der Waals surface area contributed by atoms with Crippen molar-refractivity contribution in [1.82, 2.24) is 4.98 Å². The van der Waals surface area contributed by atoms with E-state index >= 15 is 0 Å². The molecular formula is C29H23ClN2O6S. The number of aliphatic hydroxyl groups is 1. The van der Waals surface area contributed by atoms with Crippen LogP contribution in [-0.4, -0.2) is 41.5 Å². The van der Waals surface area contributed by atoms with Gasteiger partial charge in [-0.2, -0.15) is 0 Å². The molecular weight excluding hydrogens is 540 g/mol. The van der Waals surface area contributed by atoms with E-state index in [1.165, 1.54) is 23.3 Å². The third-order valence-corrected chi connectivity index (χ3v) is 7.47. The lowest BCUT2D eigenvalue weighted by Gasteiger charge is -2.23. The number of anilines is 1. The maximum atomic E-state index is 13.5. The Kier molecular flexibility index (Phi) is 7.36. The van der Waals surface area contributed by atoms with E-state index in [0.29, 0.717) is 39.6 Å². The van der Waals surface area contributed by atoms with Crippen molar-refractivity contribution in [3.05, 3.63) is 94.0 Å². The van der Waals surface area contributed by atoms with Crippen LogP contribution in [0.25, 0.3) is 16.0 Å². The fourth-order valence-electron chi connectivity index (χ4n) is 4.36. The van der Waals surface area contributed by atoms with Crippen molar-refractivity contribution in [2.75, 3.05) is 18.6 Å². The van der Waals surface area contributed by atoms with Crippen LogP contribution in [0.15, 0.2) is 72.3 Å². The quantitative estimate of drug-likeness (QED) is 0.125. The van der Waals surface area contributed by atoms with Gasteiger partial charge < -0.3 is 14.6 Å². The molecule has 8 nitrogen and oxygen atoms in total. The summed E-state index contributed by atoms with van der Waals surface area (Å²) in [4.78, 5) is 44.8. The van der Waals surface area contributed by atoms with Crippen LogP contribution in [0.5, 0.6) is 5.75 Å². The Balaban J connectivity index is 1.67. The van der Waals surface area contributed by atoms with Gasteiger partial charge in [0.05, 0.1) is 41.1 Å². The Morgan fingerprint density at radius 1 is 1.08 bits per heavy atom. The number of aliphatic hydroxyl groups excluding tert-OH is 1. The predicted octanol–water partition coefficient (Wildman–Crippen LogP) is 6.15. The maximum absolute atomic E-state index is 13.5. The molecule has 5 rings (SSSR count). The van der Waals surface area contributed by atoms with E-state index in [0.717, 1.165) is 11.1 Å². The zero-order chi connectivity index (χ0) is 27.7. The van der Waals surface area contributed by atoms with Gasteiger partial charge >= 0.3 is 11.9 Å². The van der Waals surface area contributed by atoms with Gasteiger partial charge in [-0.3, -0.25) is 14.5 Å². The van der Waals surface area contributed by atoms with E-state index in [-0.39, 0.29) is 16.5 Å². The van der Waals surface area contributed by atoms with Crippen molar-refractivity contribution in [3.63, 3.8) is 0 Å². The molecule has 1 aliphatic rings. The monoisotopic (exact) mass is 562 g/mol. The van der Waals surface area contributed by atoms with Crippen molar-refractivity contribution in [2.45, 2.75) is 19.4 Å². The predicted molar refractivity (Wildman–Crippen MR) is 149 cm³/mol. The van der Waals surface area contributed by atoms with Crippen molar-refractivity contribution in [3.8, 4) is 5.75 Å². The molecule has 0 radical (unpaired) electrons. The van der Waals surface area contributed by atoms with Gasteiger partial charge in [-0.15, -0.1) is 0 Å². The first-order chi connectivity index (χ1) is 18.8. The summed E-state index contributed by atoms with van der Waals surface area (Å²) in [7, 11) is 1.28. The fraction of sp³-hybridized carbons (Fsp3) is 0.172. The summed E-state index contributed by atoms with van der Waals surface area (Å²) in [5.74, 6) is -2.03. The van der Waals surface area contributed by atoms with Gasteiger partial charge in [-0.1, -0.05) is 54.1 Å². The summed E-state index contributed by atoms with van der Waals surface area (Å²) < 4.78 is 11.2. The molecule has 0 bridgehead atoms. The highest BCUT2D eigenvalue weighted by atomic mass is 35.5. The number of fused-ring (bicyclic) bond motifs is 1. The maximum Gasteiger partial charge on any atom is 0.337 e. The van der Waals surface area contributed by atoms with Gasteiger partial charge in [0.2, 0.25) is 0 Å². The molecule has 1 amide bonds. The Hall–Kier alpha value is -4.21. The summed E-state index contributed by atoms with van der Waals surface area (Å²) >= 11 is 7.35. The molecule has 1 atom stereocenters. The number of halogens is 1. The van der Waals surface area contributed by atoms with Crippen LogP contribution in [0, 0.1) is 0 Å². The first-order valence-corrected chi connectivity index (χ1v) is 13.3. The second-order valence-corrected chi connectivity index (χ2v) is 10.2. The van der Waals surface area contributed by atoms with Crippen LogP contribution in [0.1, 0.15) is 40.9 Å². The number of carbonyl (C=O) groups excluding carboxylic acids is 3. The molecule has 1 fully saturated rings. The highest BCUT2D eigenvalue weighted by Gasteiger charge is 2.48. The molecule has 39 heavy (non-hydrogen) atoms. The number of ketones is 1. The first kappa shape index (κ1) is 26.4. The van der Waals surface area contributed by atoms with Crippen molar-refractivity contribution >= 4 is 61.7 Å². The third kappa shape index (κ3) is 4.98. The van der Waals surface area contributed by atoms with Gasteiger partial charge in [0, 0.05) is 10.6 Å². The standard InChI is InChI=1S/C29H23ClN2O6S/c1-3-13-38-20-6-4-5-18(14-20)25(33)23-24(16-7-9-17(10-8-16)28(36)37-2)32(27(35)26(23)34)29-31-21-12-11-19(30)15-22(21)39-29/h4-12,14-15,24,33H,3,13H2,1-2H3. The van der Waals surface area contributed by atoms with Gasteiger partial charge in [-0.25, -0.2) is 9.78 Å². The van der Waals surface area contributed by atoms with Gasteiger partial charge in [0.15, 0.2) is 5.13 Å². The topological polar surface area (TPSA) is 106 Å². The number of nitrogens with zero attached hydrogens (tertiary/aromatic N) is 2. The molecule has 4 aromatic rings. The number of thiazole rings is 1. The molecule has 1 aliphatic heterocycles. The number of rotatable bonds is 7. The minimum absolute atomic E-state index is 0.101. The summed E-state index contributed by atoms with van der Waals surface area (Å²) in [6, 6.07) is 17.2. The zero-order valence-corrected chi connectivity index (χ0v) is 22.6. The second-order valence-electron chi connectivity index (χ2n) is 8.77. The largest absolute Gasteiger partial charge is 0.507 e. The summed E-state index contributed by atoms with van der Waals surface area (Å²) in [5.41, 5.74) is 1.64. The van der Waals surface area contributed by atoms with Crippen LogP contribution < -0.4 is 9.64 Å². The number of benzene rings is 3. The molecule has 1 N–H and O–H groups in total. The number of ether oxygens (including phenoxy) is 2. The third-order valence-electron chi connectivity index (χ3n) is 6.22. The van der Waals surface area contributed by atoms with E-state index in [1.54, 1.807) is 66.7 Å². The summed E-state index contributed by atoms with van der Waals surface area (Å²) in [6.07, 6.45) is 0.802. The van der Waals surface area contributed by atoms with Gasteiger partial charge in [-0.05, 0) is 54.4 Å². The van der Waals surface area contributed by atoms with Crippen molar-refractivity contribution in [2.24, 2.45) is 0 Å². The lowest BCUT2D eigenvalue weighted by molar-refractivity contribution is -0.132. The van der Waals surface area contributed by atoms with Crippen LogP contribution >= 0.6 is 22.9 Å². The SMILES string of the molecule is CCCOc1cccc(C(O)=C2C(=O)C(=O)N(c3nc4ccc(Cl)cc4s3)C2c2ccc(C(=O)OC)cc2)c1. The number of methoxy groups -OCH3 is 1. The average molecular weight is 563 g/mol.